The lowest BCUT2D eigenvalue weighted by molar-refractivity contribution is 0.550. The van der Waals surface area contributed by atoms with E-state index >= 15 is 0 Å². The molecule has 0 nitrogen and oxygen atoms in total. The summed E-state index contributed by atoms with van der Waals surface area (Å²) in [6, 6.07) is 0. The first-order chi connectivity index (χ1) is 8.63. The Kier molecular flexibility index (Phi) is 7.39. The highest BCUT2D eigenvalue weighted by Gasteiger charge is 2.27. The van der Waals surface area contributed by atoms with Crippen LogP contribution in [0.15, 0.2) is 23.8 Å². The van der Waals surface area contributed by atoms with Gasteiger partial charge in [0.1, 0.15) is 0 Å². The molecule has 1 saturated carbocycles. The molecule has 0 aromatic rings. The highest BCUT2D eigenvalue weighted by atomic mass is 14.3. The van der Waals surface area contributed by atoms with Crippen LogP contribution >= 0.6 is 0 Å². The maximum Gasteiger partial charge on any atom is -0.0166 e. The third-order valence-corrected chi connectivity index (χ3v) is 3.86. The molecule has 0 radical (unpaired) electrons. The fourth-order valence-electron chi connectivity index (χ4n) is 2.47. The van der Waals surface area contributed by atoms with Crippen LogP contribution in [0.4, 0.5) is 0 Å². The predicted molar refractivity (Wildman–Crippen MR) is 82.7 cm³/mol. The van der Waals surface area contributed by atoms with Crippen LogP contribution < -0.4 is 0 Å². The van der Waals surface area contributed by atoms with Crippen molar-refractivity contribution in [2.24, 2.45) is 17.8 Å². The monoisotopic (exact) mass is 248 g/mol. The smallest absolute Gasteiger partial charge is 0.0166 e. The Morgan fingerprint density at radius 1 is 1.22 bits per heavy atom. The van der Waals surface area contributed by atoms with Crippen LogP contribution in [0.25, 0.3) is 0 Å². The predicted octanol–water partition coefficient (Wildman–Crippen LogP) is 6.14. The molecule has 2 unspecified atom stereocenters. The third-order valence-electron chi connectivity index (χ3n) is 3.86. The van der Waals surface area contributed by atoms with Crippen LogP contribution in [0.5, 0.6) is 0 Å². The molecule has 1 rings (SSSR count). The van der Waals surface area contributed by atoms with Gasteiger partial charge in [-0.2, -0.15) is 0 Å². The topological polar surface area (TPSA) is 0 Å². The molecule has 1 aliphatic carbocycles. The van der Waals surface area contributed by atoms with Crippen LogP contribution in [0.3, 0.4) is 0 Å². The van der Waals surface area contributed by atoms with E-state index in [2.05, 4.69) is 45.9 Å². The van der Waals surface area contributed by atoms with E-state index in [4.69, 9.17) is 0 Å². The van der Waals surface area contributed by atoms with Gasteiger partial charge in [-0.05, 0) is 49.9 Å². The second-order valence-electron chi connectivity index (χ2n) is 6.41. The van der Waals surface area contributed by atoms with Gasteiger partial charge in [-0.25, -0.2) is 0 Å². The van der Waals surface area contributed by atoms with Crippen molar-refractivity contribution in [3.05, 3.63) is 23.8 Å². The maximum atomic E-state index is 2.50. The van der Waals surface area contributed by atoms with Crippen molar-refractivity contribution >= 4 is 0 Å². The van der Waals surface area contributed by atoms with Crippen molar-refractivity contribution < 1.29 is 0 Å². The van der Waals surface area contributed by atoms with Crippen LogP contribution in [0.1, 0.15) is 72.6 Å². The van der Waals surface area contributed by atoms with E-state index in [-0.39, 0.29) is 0 Å². The van der Waals surface area contributed by atoms with Gasteiger partial charge in [0.25, 0.3) is 0 Å². The summed E-state index contributed by atoms with van der Waals surface area (Å²) >= 11 is 0. The van der Waals surface area contributed by atoms with E-state index in [0.29, 0.717) is 0 Å². The van der Waals surface area contributed by atoms with Crippen LogP contribution in [-0.2, 0) is 0 Å². The van der Waals surface area contributed by atoms with E-state index in [1.165, 1.54) is 44.9 Å². The zero-order valence-corrected chi connectivity index (χ0v) is 12.9. The molecule has 0 saturated heterocycles. The maximum absolute atomic E-state index is 2.50. The standard InChI is InChI=1S/C18H32/c1-5-6-9-16(4)10-7-8-11-17-14-18(17)13-12-15(2)3/h6,9,13,15-17H,5,7-8,10-12,14H2,1-4H3. The third kappa shape index (κ3) is 7.03. The molecule has 0 heterocycles. The highest BCUT2D eigenvalue weighted by molar-refractivity contribution is 5.22. The summed E-state index contributed by atoms with van der Waals surface area (Å²) in [5.74, 6) is 2.57. The molecule has 0 bridgehead atoms. The average molecular weight is 248 g/mol. The average Bonchev–Trinajstić information content (AvgIpc) is 3.08. The summed E-state index contributed by atoms with van der Waals surface area (Å²) < 4.78 is 0. The SMILES string of the molecule is CCC=CC(C)CCCCC1CC1=CCC(C)C. The number of unbranched alkanes of at least 4 members (excludes halogenated alkanes) is 1. The van der Waals surface area contributed by atoms with Gasteiger partial charge in [-0.3, -0.25) is 0 Å². The Hall–Kier alpha value is -0.520. The zero-order chi connectivity index (χ0) is 13.4. The van der Waals surface area contributed by atoms with Crippen LogP contribution in [-0.4, -0.2) is 0 Å². The van der Waals surface area contributed by atoms with Gasteiger partial charge in [0.15, 0.2) is 0 Å². The molecule has 0 aromatic heterocycles. The van der Waals surface area contributed by atoms with Gasteiger partial charge < -0.3 is 0 Å². The summed E-state index contributed by atoms with van der Waals surface area (Å²) in [5, 5.41) is 0. The van der Waals surface area contributed by atoms with E-state index in [0.717, 1.165) is 17.8 Å². The van der Waals surface area contributed by atoms with Gasteiger partial charge in [-0.1, -0.05) is 64.3 Å². The molecule has 0 amide bonds. The molecule has 1 fully saturated rings. The van der Waals surface area contributed by atoms with Crippen LogP contribution in [0.2, 0.25) is 0 Å². The molecule has 0 spiro atoms. The fraction of sp³-hybridized carbons (Fsp3) is 0.778. The summed E-state index contributed by atoms with van der Waals surface area (Å²) in [4.78, 5) is 0. The zero-order valence-electron chi connectivity index (χ0n) is 12.9. The molecule has 0 aromatic carbocycles. The van der Waals surface area contributed by atoms with Gasteiger partial charge in [0.2, 0.25) is 0 Å². The Morgan fingerprint density at radius 2 is 2.00 bits per heavy atom. The molecule has 104 valence electrons. The molecular weight excluding hydrogens is 216 g/mol. The van der Waals surface area contributed by atoms with Crippen molar-refractivity contribution in [1.29, 1.82) is 0 Å². The van der Waals surface area contributed by atoms with Crippen molar-refractivity contribution in [1.82, 2.24) is 0 Å². The van der Waals surface area contributed by atoms with Crippen molar-refractivity contribution in [3.8, 4) is 0 Å². The number of hydrogen-bond donors (Lipinski definition) is 0. The first kappa shape index (κ1) is 15.5. The minimum Gasteiger partial charge on any atom is -0.0885 e. The lowest BCUT2D eigenvalue weighted by atomic mass is 10.0. The molecule has 2 atom stereocenters. The largest absolute Gasteiger partial charge is 0.0885 e. The normalized spacial score (nSPS) is 23.2. The molecular formula is C18H32. The van der Waals surface area contributed by atoms with E-state index in [9.17, 15) is 0 Å². The van der Waals surface area contributed by atoms with E-state index < -0.39 is 0 Å². The van der Waals surface area contributed by atoms with E-state index in [1.54, 1.807) is 5.57 Å². The van der Waals surface area contributed by atoms with Crippen LogP contribution in [0, 0.1) is 17.8 Å². The lowest BCUT2D eigenvalue weighted by Crippen LogP contribution is -1.90. The number of rotatable bonds is 9. The van der Waals surface area contributed by atoms with Gasteiger partial charge in [-0.15, -0.1) is 0 Å². The molecule has 0 heteroatoms. The number of hydrogen-bond acceptors (Lipinski definition) is 0. The van der Waals surface area contributed by atoms with Crippen molar-refractivity contribution in [2.75, 3.05) is 0 Å². The Bertz CT molecular complexity index is 270. The lowest BCUT2D eigenvalue weighted by Gasteiger charge is -2.05. The molecule has 0 aliphatic heterocycles. The Balaban J connectivity index is 2.00. The van der Waals surface area contributed by atoms with Crippen molar-refractivity contribution in [2.45, 2.75) is 72.6 Å². The van der Waals surface area contributed by atoms with E-state index in [1.807, 2.05) is 0 Å². The second kappa shape index (κ2) is 8.56. The first-order valence-corrected chi connectivity index (χ1v) is 7.99. The Labute approximate surface area is 115 Å². The Morgan fingerprint density at radius 3 is 2.67 bits per heavy atom. The highest BCUT2D eigenvalue weighted by Crippen LogP contribution is 2.42. The molecule has 18 heavy (non-hydrogen) atoms. The summed E-state index contributed by atoms with van der Waals surface area (Å²) in [5.41, 5.74) is 1.75. The minimum atomic E-state index is 0.778. The number of allylic oxidation sites excluding steroid dienone is 4. The second-order valence-corrected chi connectivity index (χ2v) is 6.41. The summed E-state index contributed by atoms with van der Waals surface area (Å²) in [6.07, 6.45) is 16.7. The van der Waals surface area contributed by atoms with Gasteiger partial charge in [0.05, 0.1) is 0 Å². The fourth-order valence-corrected chi connectivity index (χ4v) is 2.47. The first-order valence-electron chi connectivity index (χ1n) is 7.99. The summed E-state index contributed by atoms with van der Waals surface area (Å²) in [6.45, 7) is 9.16. The quantitative estimate of drug-likeness (QED) is 0.339. The van der Waals surface area contributed by atoms with Gasteiger partial charge >= 0.3 is 0 Å². The summed E-state index contributed by atoms with van der Waals surface area (Å²) in [7, 11) is 0. The molecule has 0 N–H and O–H groups in total. The molecule has 1 aliphatic rings. The van der Waals surface area contributed by atoms with Crippen molar-refractivity contribution in [3.63, 3.8) is 0 Å². The minimum absolute atomic E-state index is 0.778. The van der Waals surface area contributed by atoms with Gasteiger partial charge in [0, 0.05) is 0 Å².